The van der Waals surface area contributed by atoms with Gasteiger partial charge >= 0.3 is 11.9 Å². The van der Waals surface area contributed by atoms with Crippen LogP contribution in [0, 0.1) is 11.8 Å². The molecule has 2 bridgehead atoms. The van der Waals surface area contributed by atoms with Crippen LogP contribution < -0.4 is 0 Å². The van der Waals surface area contributed by atoms with Gasteiger partial charge in [-0.2, -0.15) is 0 Å². The van der Waals surface area contributed by atoms with Gasteiger partial charge in [-0.15, -0.1) is 0 Å². The van der Waals surface area contributed by atoms with Crippen LogP contribution in [-0.2, 0) is 35.0 Å². The van der Waals surface area contributed by atoms with Crippen LogP contribution in [0.5, 0.6) is 0 Å². The summed E-state index contributed by atoms with van der Waals surface area (Å²) in [5.41, 5.74) is -3.14. The van der Waals surface area contributed by atoms with Gasteiger partial charge in [0, 0.05) is 17.5 Å². The van der Waals surface area contributed by atoms with Crippen LogP contribution in [-0.4, -0.2) is 65.9 Å². The van der Waals surface area contributed by atoms with Crippen molar-refractivity contribution in [2.75, 3.05) is 14.2 Å². The summed E-state index contributed by atoms with van der Waals surface area (Å²) in [4.78, 5) is 68.6. The maximum absolute atomic E-state index is 14.0. The molecule has 0 aromatic heterocycles. The van der Waals surface area contributed by atoms with E-state index in [0.29, 0.717) is 0 Å². The molecule has 0 N–H and O–H groups in total. The zero-order valence-corrected chi connectivity index (χ0v) is 19.3. The van der Waals surface area contributed by atoms with Crippen molar-refractivity contribution >= 4 is 29.4 Å². The molecule has 0 spiro atoms. The number of likely N-dealkylation sites (tertiary alicyclic amines) is 1. The third-order valence-corrected chi connectivity index (χ3v) is 7.30. The van der Waals surface area contributed by atoms with Crippen molar-refractivity contribution in [3.8, 4) is 0 Å². The van der Waals surface area contributed by atoms with E-state index in [0.717, 1.165) is 17.6 Å². The molecule has 9 nitrogen and oxygen atoms in total. The molecule has 0 unspecified atom stereocenters. The summed E-state index contributed by atoms with van der Waals surface area (Å²) in [6.07, 6.45) is 0.0472. The van der Waals surface area contributed by atoms with E-state index in [-0.39, 0.29) is 17.5 Å². The normalized spacial score (nSPS) is 29.5. The first-order chi connectivity index (χ1) is 16.7. The summed E-state index contributed by atoms with van der Waals surface area (Å²) < 4.78 is 16.0. The number of ketones is 2. The van der Waals surface area contributed by atoms with Gasteiger partial charge < -0.3 is 14.2 Å². The minimum Gasteiger partial charge on any atom is -0.467 e. The number of nitrogens with zero attached hydrogens (tertiary/aromatic N) is 1. The number of esters is 2. The lowest BCUT2D eigenvalue weighted by Gasteiger charge is -2.46. The van der Waals surface area contributed by atoms with Crippen molar-refractivity contribution in [3.63, 3.8) is 0 Å². The predicted octanol–water partition coefficient (Wildman–Crippen LogP) is 1.58. The van der Waals surface area contributed by atoms with E-state index in [2.05, 4.69) is 0 Å². The van der Waals surface area contributed by atoms with E-state index >= 15 is 0 Å². The van der Waals surface area contributed by atoms with E-state index in [1.165, 1.54) is 26.2 Å². The molecule has 2 saturated heterocycles. The van der Waals surface area contributed by atoms with Gasteiger partial charge in [0.15, 0.2) is 17.3 Å². The van der Waals surface area contributed by atoms with Crippen LogP contribution >= 0.6 is 0 Å². The van der Waals surface area contributed by atoms with E-state index < -0.39 is 58.6 Å². The van der Waals surface area contributed by atoms with Crippen LogP contribution in [0.1, 0.15) is 33.2 Å². The fraction of sp³-hybridized carbons (Fsp3) is 0.346. The topological polar surface area (TPSA) is 116 Å². The molecule has 180 valence electrons. The van der Waals surface area contributed by atoms with Crippen LogP contribution in [0.2, 0.25) is 0 Å². The molecule has 5 atom stereocenters. The Morgan fingerprint density at radius 2 is 1.49 bits per heavy atom. The smallest absolute Gasteiger partial charge is 0.349 e. The average molecular weight is 477 g/mol. The number of carbonyl (C=O) groups is 5. The summed E-state index contributed by atoms with van der Waals surface area (Å²) in [6, 6.07) is 14.0. The van der Waals surface area contributed by atoms with Gasteiger partial charge in [0.2, 0.25) is 0 Å². The lowest BCUT2D eigenvalue weighted by atomic mass is 9.63. The number of amides is 1. The molecule has 1 aliphatic carbocycles. The molecule has 2 heterocycles. The molecule has 9 heteroatoms. The second kappa shape index (κ2) is 7.84. The van der Waals surface area contributed by atoms with Gasteiger partial charge in [-0.25, -0.2) is 9.59 Å². The van der Waals surface area contributed by atoms with Crippen molar-refractivity contribution < 1.29 is 38.2 Å². The summed E-state index contributed by atoms with van der Waals surface area (Å²) in [5, 5.41) is 0. The highest BCUT2D eigenvalue weighted by Gasteiger charge is 2.82. The van der Waals surface area contributed by atoms with Crippen molar-refractivity contribution in [2.24, 2.45) is 11.8 Å². The Bertz CT molecular complexity index is 1270. The molecule has 1 amide bonds. The Morgan fingerprint density at radius 3 is 2.06 bits per heavy atom. The number of carbonyl (C=O) groups excluding carboxylic acids is 5. The number of fused-ring (bicyclic) bond motifs is 6. The van der Waals surface area contributed by atoms with Gasteiger partial charge in [-0.3, -0.25) is 19.3 Å². The predicted molar refractivity (Wildman–Crippen MR) is 119 cm³/mol. The second-order valence-electron chi connectivity index (χ2n) is 9.02. The monoisotopic (exact) mass is 477 g/mol. The van der Waals surface area contributed by atoms with E-state index in [1.54, 1.807) is 36.4 Å². The van der Waals surface area contributed by atoms with Crippen molar-refractivity contribution in [3.05, 3.63) is 71.3 Å². The average Bonchev–Trinajstić information content (AvgIpc) is 3.29. The molecule has 2 aliphatic heterocycles. The third-order valence-electron chi connectivity index (χ3n) is 7.30. The minimum atomic E-state index is -2.39. The Labute approximate surface area is 200 Å². The zero-order chi connectivity index (χ0) is 25.1. The number of rotatable bonds is 5. The summed E-state index contributed by atoms with van der Waals surface area (Å²) in [7, 11) is 2.26. The van der Waals surface area contributed by atoms with Gasteiger partial charge in [-0.05, 0) is 12.5 Å². The van der Waals surface area contributed by atoms with Crippen molar-refractivity contribution in [1.82, 2.24) is 4.90 Å². The van der Waals surface area contributed by atoms with Crippen LogP contribution in [0.3, 0.4) is 0 Å². The maximum atomic E-state index is 14.0. The Morgan fingerprint density at radius 1 is 0.914 bits per heavy atom. The highest BCUT2D eigenvalue weighted by atomic mass is 16.6. The van der Waals surface area contributed by atoms with Gasteiger partial charge in [0.05, 0.1) is 26.1 Å². The number of Topliss-reactive ketones (excluding diaryl/α,β-unsaturated/α-hetero) is 2. The Balaban J connectivity index is 1.70. The number of benzene rings is 2. The zero-order valence-electron chi connectivity index (χ0n) is 19.3. The van der Waals surface area contributed by atoms with Crippen molar-refractivity contribution in [1.29, 1.82) is 0 Å². The standard InChI is InChI=1S/C26H23NO8/c1-25-18-19(21(29)16-12-8-7-11-15(16)20(18)28)26(35-25,24(32)34-3)23(31)27(25)17(22(30)33-2)13-14-9-5-4-6-10-14/h4-12,17-19H,13H2,1-3H3/t17-,18-,19+,25+,26-/m0/s1. The number of hydrogen-bond donors (Lipinski definition) is 0. The lowest BCUT2D eigenvalue weighted by molar-refractivity contribution is -0.170. The third kappa shape index (κ3) is 2.88. The minimum absolute atomic E-state index is 0.0472. The number of methoxy groups -OCH3 is 2. The summed E-state index contributed by atoms with van der Waals surface area (Å²) in [6.45, 7) is 1.46. The summed E-state index contributed by atoms with van der Waals surface area (Å²) in [5.74, 6) is -6.37. The lowest BCUT2D eigenvalue weighted by Crippen LogP contribution is -2.68. The van der Waals surface area contributed by atoms with Gasteiger partial charge in [0.1, 0.15) is 6.04 Å². The molecule has 2 aromatic rings. The van der Waals surface area contributed by atoms with E-state index in [4.69, 9.17) is 14.2 Å². The first kappa shape index (κ1) is 22.9. The summed E-state index contributed by atoms with van der Waals surface area (Å²) >= 11 is 0. The molecule has 35 heavy (non-hydrogen) atoms. The van der Waals surface area contributed by atoms with Crippen LogP contribution in [0.4, 0.5) is 0 Å². The SMILES string of the molecule is COC(=O)[C@H](Cc1ccccc1)N1C(=O)[C@@]2(C(=O)OC)O[C@]1(C)[C@@H]1C(=O)c3ccccc3C(=O)[C@@H]12. The maximum Gasteiger partial charge on any atom is 0.349 e. The fourth-order valence-corrected chi connectivity index (χ4v) is 5.84. The van der Waals surface area contributed by atoms with Gasteiger partial charge in [0.25, 0.3) is 11.5 Å². The van der Waals surface area contributed by atoms with Crippen LogP contribution in [0.15, 0.2) is 54.6 Å². The highest BCUT2D eigenvalue weighted by Crippen LogP contribution is 2.60. The Kier molecular flexibility index (Phi) is 5.14. The highest BCUT2D eigenvalue weighted by molar-refractivity contribution is 6.24. The molecule has 0 radical (unpaired) electrons. The number of hydrogen-bond acceptors (Lipinski definition) is 8. The molecular weight excluding hydrogens is 454 g/mol. The largest absolute Gasteiger partial charge is 0.467 e. The molecule has 3 aliphatic rings. The van der Waals surface area contributed by atoms with Crippen LogP contribution in [0.25, 0.3) is 0 Å². The second-order valence-corrected chi connectivity index (χ2v) is 9.02. The molecule has 2 fully saturated rings. The number of ether oxygens (including phenoxy) is 3. The molecule has 2 aromatic carbocycles. The van der Waals surface area contributed by atoms with Crippen molar-refractivity contribution in [2.45, 2.75) is 30.7 Å². The molecule has 0 saturated carbocycles. The Hall–Kier alpha value is -3.85. The molecule has 5 rings (SSSR count). The van der Waals surface area contributed by atoms with E-state index in [1.807, 2.05) is 6.07 Å². The first-order valence-electron chi connectivity index (χ1n) is 11.1. The molecular formula is C26H23NO8. The number of piperidine rings is 1. The quantitative estimate of drug-likeness (QED) is 0.471. The van der Waals surface area contributed by atoms with Gasteiger partial charge in [-0.1, -0.05) is 54.6 Å². The fourth-order valence-electron chi connectivity index (χ4n) is 5.84. The van der Waals surface area contributed by atoms with E-state index in [9.17, 15) is 24.0 Å². The first-order valence-corrected chi connectivity index (χ1v) is 11.1.